The predicted molar refractivity (Wildman–Crippen MR) is 70.0 cm³/mol. The van der Waals surface area contributed by atoms with Crippen LogP contribution in [0.1, 0.15) is 36.5 Å². The van der Waals surface area contributed by atoms with E-state index < -0.39 is 5.60 Å². The van der Waals surface area contributed by atoms with Crippen LogP contribution in [0.15, 0.2) is 6.07 Å². The van der Waals surface area contributed by atoms with Crippen LogP contribution in [-0.4, -0.2) is 46.2 Å². The Morgan fingerprint density at radius 2 is 2.42 bits per heavy atom. The van der Waals surface area contributed by atoms with Crippen molar-refractivity contribution in [3.05, 3.63) is 17.5 Å². The summed E-state index contributed by atoms with van der Waals surface area (Å²) in [5.74, 6) is -0.200. The van der Waals surface area contributed by atoms with Gasteiger partial charge in [0.05, 0.1) is 12.3 Å². The second-order valence-electron chi connectivity index (χ2n) is 4.90. The van der Waals surface area contributed by atoms with E-state index in [0.29, 0.717) is 25.3 Å². The molecule has 19 heavy (non-hydrogen) atoms. The molecule has 1 amide bonds. The monoisotopic (exact) mass is 267 g/mol. The van der Waals surface area contributed by atoms with Gasteiger partial charge in [-0.05, 0) is 19.4 Å². The van der Waals surface area contributed by atoms with E-state index in [0.717, 1.165) is 12.1 Å². The van der Waals surface area contributed by atoms with Crippen LogP contribution in [0.2, 0.25) is 0 Å². The first-order valence-electron chi connectivity index (χ1n) is 6.73. The molecule has 0 spiro atoms. The Hall–Kier alpha value is -1.40. The first kappa shape index (κ1) is 14.0. The van der Waals surface area contributed by atoms with E-state index in [-0.39, 0.29) is 19.1 Å². The zero-order valence-electron chi connectivity index (χ0n) is 11.5. The molecule has 1 aromatic heterocycles. The first-order valence-corrected chi connectivity index (χ1v) is 6.73. The van der Waals surface area contributed by atoms with Crippen molar-refractivity contribution in [3.63, 3.8) is 0 Å². The molecule has 6 heteroatoms. The van der Waals surface area contributed by atoms with Crippen LogP contribution < -0.4 is 5.32 Å². The summed E-state index contributed by atoms with van der Waals surface area (Å²) >= 11 is 0. The molecule has 6 nitrogen and oxygen atoms in total. The van der Waals surface area contributed by atoms with Crippen molar-refractivity contribution in [2.24, 2.45) is 0 Å². The summed E-state index contributed by atoms with van der Waals surface area (Å²) < 4.78 is 6.83. The highest BCUT2D eigenvalue weighted by Gasteiger charge is 2.32. The molecule has 1 fully saturated rings. The zero-order chi connectivity index (χ0) is 13.9. The second kappa shape index (κ2) is 5.71. The third kappa shape index (κ3) is 3.13. The molecule has 1 unspecified atom stereocenters. The molecular weight excluding hydrogens is 246 g/mol. The van der Waals surface area contributed by atoms with E-state index in [4.69, 9.17) is 4.74 Å². The summed E-state index contributed by atoms with van der Waals surface area (Å²) in [7, 11) is 0. The molecule has 1 aromatic rings. The molecule has 1 aliphatic heterocycles. The fourth-order valence-corrected chi connectivity index (χ4v) is 2.14. The topological polar surface area (TPSA) is 76.4 Å². The number of nitrogens with one attached hydrogen (secondary N) is 1. The number of aromatic nitrogens is 2. The number of carbonyl (C=O) groups is 1. The van der Waals surface area contributed by atoms with Gasteiger partial charge in [0.2, 0.25) is 0 Å². The molecule has 106 valence electrons. The molecule has 0 aliphatic carbocycles. The molecular formula is C13H21N3O3. The number of nitrogens with zero attached hydrogens (tertiary/aromatic N) is 2. The average Bonchev–Trinajstić information content (AvgIpc) is 3.02. The minimum Gasteiger partial charge on any atom is -0.386 e. The van der Waals surface area contributed by atoms with Crippen LogP contribution in [0, 0.1) is 0 Å². The zero-order valence-corrected chi connectivity index (χ0v) is 11.5. The maximum absolute atomic E-state index is 12.1. The van der Waals surface area contributed by atoms with Gasteiger partial charge in [0.25, 0.3) is 5.91 Å². The molecule has 1 saturated heterocycles. The Bertz CT molecular complexity index is 450. The summed E-state index contributed by atoms with van der Waals surface area (Å²) in [4.78, 5) is 12.1. The van der Waals surface area contributed by atoms with Crippen LogP contribution >= 0.6 is 0 Å². The van der Waals surface area contributed by atoms with Gasteiger partial charge in [-0.15, -0.1) is 0 Å². The van der Waals surface area contributed by atoms with E-state index >= 15 is 0 Å². The Kier molecular flexibility index (Phi) is 4.21. The lowest BCUT2D eigenvalue weighted by atomic mass is 10.0. The molecule has 2 heterocycles. The standard InChI is InChI=1S/C13H21N3O3/c1-3-10-7-11(16(4-2)15-10)12(17)14-8-13(18)5-6-19-9-13/h7,18H,3-6,8-9H2,1-2H3,(H,14,17). The summed E-state index contributed by atoms with van der Waals surface area (Å²) in [6, 6.07) is 1.80. The van der Waals surface area contributed by atoms with Gasteiger partial charge in [0.15, 0.2) is 0 Å². The number of rotatable bonds is 5. The van der Waals surface area contributed by atoms with E-state index in [2.05, 4.69) is 10.4 Å². The van der Waals surface area contributed by atoms with E-state index in [1.165, 1.54) is 0 Å². The number of hydrogen-bond donors (Lipinski definition) is 2. The Labute approximate surface area is 112 Å². The number of hydrogen-bond acceptors (Lipinski definition) is 4. The lowest BCUT2D eigenvalue weighted by molar-refractivity contribution is 0.0263. The highest BCUT2D eigenvalue weighted by Crippen LogP contribution is 2.17. The van der Waals surface area contributed by atoms with Crippen molar-refractivity contribution in [1.29, 1.82) is 0 Å². The smallest absolute Gasteiger partial charge is 0.269 e. The number of carbonyl (C=O) groups excluding carboxylic acids is 1. The van der Waals surface area contributed by atoms with Crippen LogP contribution in [0.4, 0.5) is 0 Å². The van der Waals surface area contributed by atoms with Gasteiger partial charge in [-0.2, -0.15) is 5.10 Å². The second-order valence-corrected chi connectivity index (χ2v) is 4.90. The SMILES string of the molecule is CCc1cc(C(=O)NCC2(O)CCOC2)n(CC)n1. The van der Waals surface area contributed by atoms with E-state index in [9.17, 15) is 9.90 Å². The lowest BCUT2D eigenvalue weighted by Gasteiger charge is -2.20. The van der Waals surface area contributed by atoms with Crippen LogP contribution in [0.5, 0.6) is 0 Å². The minimum absolute atomic E-state index is 0.200. The molecule has 0 saturated carbocycles. The molecule has 0 bridgehead atoms. The van der Waals surface area contributed by atoms with Crippen LogP contribution in [-0.2, 0) is 17.7 Å². The molecule has 1 atom stereocenters. The van der Waals surface area contributed by atoms with Gasteiger partial charge in [-0.25, -0.2) is 0 Å². The van der Waals surface area contributed by atoms with Crippen molar-refractivity contribution in [2.75, 3.05) is 19.8 Å². The van der Waals surface area contributed by atoms with Gasteiger partial charge in [-0.1, -0.05) is 6.92 Å². The maximum atomic E-state index is 12.1. The Morgan fingerprint density at radius 3 is 3.00 bits per heavy atom. The number of aliphatic hydroxyl groups is 1. The third-order valence-electron chi connectivity index (χ3n) is 3.39. The van der Waals surface area contributed by atoms with Gasteiger partial charge >= 0.3 is 0 Å². The van der Waals surface area contributed by atoms with Crippen LogP contribution in [0.3, 0.4) is 0 Å². The highest BCUT2D eigenvalue weighted by atomic mass is 16.5. The Morgan fingerprint density at radius 1 is 1.63 bits per heavy atom. The predicted octanol–water partition coefficient (Wildman–Crippen LogP) is 0.347. The summed E-state index contributed by atoms with van der Waals surface area (Å²) in [6.45, 7) is 5.63. The summed E-state index contributed by atoms with van der Waals surface area (Å²) in [6.07, 6.45) is 1.35. The van der Waals surface area contributed by atoms with Gasteiger partial charge in [-0.3, -0.25) is 9.48 Å². The van der Waals surface area contributed by atoms with Crippen LogP contribution in [0.25, 0.3) is 0 Å². The average molecular weight is 267 g/mol. The first-order chi connectivity index (χ1) is 9.08. The summed E-state index contributed by atoms with van der Waals surface area (Å²) in [5.41, 5.74) is 0.511. The summed E-state index contributed by atoms with van der Waals surface area (Å²) in [5, 5.41) is 17.2. The van der Waals surface area contributed by atoms with Gasteiger partial charge < -0.3 is 15.2 Å². The molecule has 2 rings (SSSR count). The third-order valence-corrected chi connectivity index (χ3v) is 3.39. The molecule has 0 aromatic carbocycles. The number of ether oxygens (including phenoxy) is 1. The van der Waals surface area contributed by atoms with Crippen molar-refractivity contribution in [3.8, 4) is 0 Å². The number of amides is 1. The van der Waals surface area contributed by atoms with Crippen molar-refractivity contribution < 1.29 is 14.6 Å². The van der Waals surface area contributed by atoms with Crippen molar-refractivity contribution in [2.45, 2.75) is 38.8 Å². The Balaban J connectivity index is 2.01. The lowest BCUT2D eigenvalue weighted by Crippen LogP contribution is -2.43. The van der Waals surface area contributed by atoms with Crippen molar-refractivity contribution >= 4 is 5.91 Å². The molecule has 2 N–H and O–H groups in total. The highest BCUT2D eigenvalue weighted by molar-refractivity contribution is 5.92. The largest absolute Gasteiger partial charge is 0.386 e. The minimum atomic E-state index is -0.930. The fourth-order valence-electron chi connectivity index (χ4n) is 2.14. The number of aryl methyl sites for hydroxylation is 2. The van der Waals surface area contributed by atoms with Gasteiger partial charge in [0, 0.05) is 26.1 Å². The maximum Gasteiger partial charge on any atom is 0.269 e. The fraction of sp³-hybridized carbons (Fsp3) is 0.692. The quantitative estimate of drug-likeness (QED) is 0.807. The van der Waals surface area contributed by atoms with Crippen molar-refractivity contribution in [1.82, 2.24) is 15.1 Å². The normalized spacial score (nSPS) is 22.7. The molecule has 1 aliphatic rings. The van der Waals surface area contributed by atoms with E-state index in [1.807, 2.05) is 13.8 Å². The molecule has 0 radical (unpaired) electrons. The van der Waals surface area contributed by atoms with Gasteiger partial charge in [0.1, 0.15) is 11.3 Å². The van der Waals surface area contributed by atoms with E-state index in [1.54, 1.807) is 10.7 Å².